The van der Waals surface area contributed by atoms with Gasteiger partial charge < -0.3 is 5.32 Å². The number of nitrogens with one attached hydrogen (secondary N) is 1. The Bertz CT molecular complexity index is 411. The first-order valence-electron chi connectivity index (χ1n) is 4.90. The van der Waals surface area contributed by atoms with Gasteiger partial charge in [0.25, 0.3) is 0 Å². The molecule has 1 N–H and O–H groups in total. The Labute approximate surface area is 93.2 Å². The van der Waals surface area contributed by atoms with E-state index in [1.165, 1.54) is 4.88 Å². The van der Waals surface area contributed by atoms with Crippen LogP contribution >= 0.6 is 11.3 Å². The van der Waals surface area contributed by atoms with E-state index in [0.717, 1.165) is 23.5 Å². The zero-order valence-electron chi connectivity index (χ0n) is 8.60. The van der Waals surface area contributed by atoms with Crippen LogP contribution < -0.4 is 5.32 Å². The Morgan fingerprint density at radius 1 is 1.40 bits per heavy atom. The Morgan fingerprint density at radius 2 is 2.33 bits per heavy atom. The summed E-state index contributed by atoms with van der Waals surface area (Å²) in [5.74, 6) is 0. The zero-order valence-corrected chi connectivity index (χ0v) is 9.42. The van der Waals surface area contributed by atoms with Gasteiger partial charge in [0.05, 0.1) is 0 Å². The molecule has 78 valence electrons. The van der Waals surface area contributed by atoms with Crippen molar-refractivity contribution in [3.05, 3.63) is 35.6 Å². The lowest BCUT2D eigenvalue weighted by atomic mass is 10.3. The lowest BCUT2D eigenvalue weighted by Crippen LogP contribution is -2.09. The second-order valence-corrected chi connectivity index (χ2v) is 4.34. The van der Waals surface area contributed by atoms with Crippen molar-refractivity contribution in [3.8, 4) is 10.6 Å². The topological polar surface area (TPSA) is 37.8 Å². The van der Waals surface area contributed by atoms with Crippen molar-refractivity contribution in [3.63, 3.8) is 0 Å². The van der Waals surface area contributed by atoms with Gasteiger partial charge in [-0.25, -0.2) is 4.98 Å². The van der Waals surface area contributed by atoms with E-state index in [2.05, 4.69) is 15.3 Å². The second-order valence-electron chi connectivity index (χ2n) is 3.23. The molecule has 0 aliphatic carbocycles. The summed E-state index contributed by atoms with van der Waals surface area (Å²) in [6.45, 7) is 0.995. The molecule has 2 aromatic rings. The van der Waals surface area contributed by atoms with Gasteiger partial charge >= 0.3 is 0 Å². The van der Waals surface area contributed by atoms with E-state index in [1.54, 1.807) is 17.5 Å². The fourth-order valence-electron chi connectivity index (χ4n) is 1.29. The molecule has 0 bridgehead atoms. The van der Waals surface area contributed by atoms with Crippen LogP contribution in [0.2, 0.25) is 0 Å². The van der Waals surface area contributed by atoms with E-state index in [4.69, 9.17) is 0 Å². The predicted molar refractivity (Wildman–Crippen MR) is 63.0 cm³/mol. The van der Waals surface area contributed by atoms with Crippen LogP contribution in [0.1, 0.15) is 4.88 Å². The monoisotopic (exact) mass is 219 g/mol. The summed E-state index contributed by atoms with van der Waals surface area (Å²) >= 11 is 1.73. The highest BCUT2D eigenvalue weighted by Crippen LogP contribution is 2.24. The molecule has 2 heterocycles. The minimum absolute atomic E-state index is 0.995. The summed E-state index contributed by atoms with van der Waals surface area (Å²) in [5, 5.41) is 4.18. The van der Waals surface area contributed by atoms with Gasteiger partial charge in [0.1, 0.15) is 5.01 Å². The molecule has 2 aromatic heterocycles. The molecule has 0 aromatic carbocycles. The summed E-state index contributed by atoms with van der Waals surface area (Å²) in [5.41, 5.74) is 1.10. The van der Waals surface area contributed by atoms with Gasteiger partial charge in [0, 0.05) is 29.0 Å². The molecule has 0 spiro atoms. The fraction of sp³-hybridized carbons (Fsp3) is 0.273. The summed E-state index contributed by atoms with van der Waals surface area (Å²) in [4.78, 5) is 9.79. The maximum absolute atomic E-state index is 4.39. The van der Waals surface area contributed by atoms with E-state index >= 15 is 0 Å². The highest BCUT2D eigenvalue weighted by molar-refractivity contribution is 7.15. The Kier molecular flexibility index (Phi) is 3.42. The van der Waals surface area contributed by atoms with Crippen LogP contribution in [0, 0.1) is 0 Å². The SMILES string of the molecule is CNCCc1cnc(-c2cccnc2)s1. The maximum atomic E-state index is 4.39. The zero-order chi connectivity index (χ0) is 10.5. The van der Waals surface area contributed by atoms with Gasteiger partial charge in [-0.2, -0.15) is 0 Å². The van der Waals surface area contributed by atoms with Gasteiger partial charge in [-0.05, 0) is 32.1 Å². The van der Waals surface area contributed by atoms with Gasteiger partial charge in [0.2, 0.25) is 0 Å². The number of thiazole rings is 1. The van der Waals surface area contributed by atoms with Crippen molar-refractivity contribution in [1.29, 1.82) is 0 Å². The minimum Gasteiger partial charge on any atom is -0.319 e. The molecule has 2 rings (SSSR count). The Balaban J connectivity index is 2.14. The largest absolute Gasteiger partial charge is 0.319 e. The maximum Gasteiger partial charge on any atom is 0.125 e. The van der Waals surface area contributed by atoms with Crippen LogP contribution in [0.4, 0.5) is 0 Å². The third kappa shape index (κ3) is 2.61. The third-order valence-corrected chi connectivity index (χ3v) is 3.19. The first-order valence-corrected chi connectivity index (χ1v) is 5.71. The second kappa shape index (κ2) is 5.00. The van der Waals surface area contributed by atoms with E-state index in [0.29, 0.717) is 0 Å². The molecule has 0 amide bonds. The van der Waals surface area contributed by atoms with Crippen molar-refractivity contribution in [1.82, 2.24) is 15.3 Å². The highest BCUT2D eigenvalue weighted by atomic mass is 32.1. The van der Waals surface area contributed by atoms with Gasteiger partial charge in [-0.3, -0.25) is 4.98 Å². The molecular formula is C11H13N3S. The number of nitrogens with zero attached hydrogens (tertiary/aromatic N) is 2. The van der Waals surface area contributed by atoms with E-state index in [-0.39, 0.29) is 0 Å². The molecule has 0 aliphatic heterocycles. The molecule has 0 radical (unpaired) electrons. The lowest BCUT2D eigenvalue weighted by molar-refractivity contribution is 0.798. The average Bonchev–Trinajstić information content (AvgIpc) is 2.76. The molecule has 15 heavy (non-hydrogen) atoms. The van der Waals surface area contributed by atoms with Crippen LogP contribution in [-0.4, -0.2) is 23.6 Å². The lowest BCUT2D eigenvalue weighted by Gasteiger charge is -1.94. The minimum atomic E-state index is 0.995. The first-order chi connectivity index (χ1) is 7.40. The summed E-state index contributed by atoms with van der Waals surface area (Å²) < 4.78 is 0. The normalized spacial score (nSPS) is 10.5. The molecule has 3 nitrogen and oxygen atoms in total. The van der Waals surface area contributed by atoms with E-state index < -0.39 is 0 Å². The van der Waals surface area contributed by atoms with Crippen LogP contribution in [-0.2, 0) is 6.42 Å². The summed E-state index contributed by atoms with van der Waals surface area (Å²) in [7, 11) is 1.96. The molecule has 0 unspecified atom stereocenters. The highest BCUT2D eigenvalue weighted by Gasteiger charge is 2.03. The molecule has 0 fully saturated rings. The number of hydrogen-bond acceptors (Lipinski definition) is 4. The van der Waals surface area contributed by atoms with E-state index in [9.17, 15) is 0 Å². The van der Waals surface area contributed by atoms with Gasteiger partial charge in [0.15, 0.2) is 0 Å². The number of rotatable bonds is 4. The van der Waals surface area contributed by atoms with Crippen LogP contribution in [0.15, 0.2) is 30.7 Å². The van der Waals surface area contributed by atoms with E-state index in [1.807, 2.05) is 31.6 Å². The molecule has 0 saturated heterocycles. The Hall–Kier alpha value is -1.26. The predicted octanol–water partition coefficient (Wildman–Crippen LogP) is 1.97. The van der Waals surface area contributed by atoms with Crippen molar-refractivity contribution >= 4 is 11.3 Å². The van der Waals surface area contributed by atoms with Crippen LogP contribution in [0.5, 0.6) is 0 Å². The molecular weight excluding hydrogens is 206 g/mol. The van der Waals surface area contributed by atoms with Crippen LogP contribution in [0.25, 0.3) is 10.6 Å². The standard InChI is InChI=1S/C11H13N3S/c1-12-6-4-10-8-14-11(15-10)9-3-2-5-13-7-9/h2-3,5,7-8,12H,4,6H2,1H3. The number of likely N-dealkylation sites (N-methyl/N-ethyl adjacent to an activating group) is 1. The number of aromatic nitrogens is 2. The summed E-state index contributed by atoms with van der Waals surface area (Å²) in [6, 6.07) is 3.97. The van der Waals surface area contributed by atoms with Crippen molar-refractivity contribution in [2.24, 2.45) is 0 Å². The first kappa shape index (κ1) is 10.3. The Morgan fingerprint density at radius 3 is 3.07 bits per heavy atom. The average molecular weight is 219 g/mol. The van der Waals surface area contributed by atoms with Crippen molar-refractivity contribution < 1.29 is 0 Å². The summed E-state index contributed by atoms with van der Waals surface area (Å²) in [6.07, 6.45) is 6.61. The molecule has 0 saturated carbocycles. The van der Waals surface area contributed by atoms with Crippen molar-refractivity contribution in [2.45, 2.75) is 6.42 Å². The van der Waals surface area contributed by atoms with Crippen LogP contribution in [0.3, 0.4) is 0 Å². The van der Waals surface area contributed by atoms with Gasteiger partial charge in [-0.15, -0.1) is 11.3 Å². The molecule has 0 aliphatic rings. The quantitative estimate of drug-likeness (QED) is 0.854. The fourth-order valence-corrected chi connectivity index (χ4v) is 2.20. The number of hydrogen-bond donors (Lipinski definition) is 1. The third-order valence-electron chi connectivity index (χ3n) is 2.08. The molecule has 4 heteroatoms. The molecule has 0 atom stereocenters. The van der Waals surface area contributed by atoms with Gasteiger partial charge in [-0.1, -0.05) is 0 Å². The van der Waals surface area contributed by atoms with Crippen molar-refractivity contribution in [2.75, 3.05) is 13.6 Å². The number of pyridine rings is 1. The smallest absolute Gasteiger partial charge is 0.125 e.